The summed E-state index contributed by atoms with van der Waals surface area (Å²) in [5.74, 6) is 2.34. The molecule has 0 radical (unpaired) electrons. The first-order valence-corrected chi connectivity index (χ1v) is 11.3. The maximum Gasteiger partial charge on any atom is -0.00435 e. The zero-order valence-electron chi connectivity index (χ0n) is 18.6. The Morgan fingerprint density at radius 2 is 1.64 bits per heavy atom. The van der Waals surface area contributed by atoms with Crippen molar-refractivity contribution in [2.75, 3.05) is 0 Å². The van der Waals surface area contributed by atoms with E-state index in [-0.39, 0.29) is 0 Å². The monoisotopic (exact) mass is 372 g/mol. The molecule has 3 atom stereocenters. The van der Waals surface area contributed by atoms with Crippen molar-refractivity contribution in [3.63, 3.8) is 0 Å². The molecular weight excluding hydrogens is 336 g/mol. The predicted octanol–water partition coefficient (Wildman–Crippen LogP) is 8.21. The van der Waals surface area contributed by atoms with Gasteiger partial charge in [0.2, 0.25) is 0 Å². The van der Waals surface area contributed by atoms with E-state index in [1.165, 1.54) is 52.8 Å². The van der Waals surface area contributed by atoms with Crippen LogP contribution in [0.25, 0.3) is 21.5 Å². The van der Waals surface area contributed by atoms with E-state index < -0.39 is 0 Å². The Morgan fingerprint density at radius 1 is 0.893 bits per heavy atom. The van der Waals surface area contributed by atoms with E-state index in [0.29, 0.717) is 5.41 Å². The van der Waals surface area contributed by atoms with Crippen LogP contribution in [0.1, 0.15) is 70.6 Å². The second kappa shape index (κ2) is 7.21. The first-order valence-electron chi connectivity index (χ1n) is 11.3. The number of hydrogen-bond donors (Lipinski definition) is 0. The maximum atomic E-state index is 2.53. The normalized spacial score (nSPS) is 21.4. The van der Waals surface area contributed by atoms with Gasteiger partial charge in [0.25, 0.3) is 0 Å². The molecule has 1 unspecified atom stereocenters. The van der Waals surface area contributed by atoms with Gasteiger partial charge in [0, 0.05) is 0 Å². The van der Waals surface area contributed by atoms with Gasteiger partial charge in [-0.2, -0.15) is 0 Å². The molecule has 3 aromatic carbocycles. The molecule has 0 bridgehead atoms. The number of hydrogen-bond acceptors (Lipinski definition) is 0. The van der Waals surface area contributed by atoms with Gasteiger partial charge in [-0.1, -0.05) is 83.5 Å². The summed E-state index contributed by atoms with van der Waals surface area (Å²) in [5.41, 5.74) is 4.95. The van der Waals surface area contributed by atoms with Gasteiger partial charge in [-0.25, -0.2) is 0 Å². The second-order valence-corrected chi connectivity index (χ2v) is 10.0. The van der Waals surface area contributed by atoms with Crippen LogP contribution in [-0.4, -0.2) is 0 Å². The molecular formula is C28H36. The molecule has 3 aromatic rings. The first-order chi connectivity index (χ1) is 13.3. The van der Waals surface area contributed by atoms with Crippen LogP contribution in [0, 0.1) is 24.7 Å². The van der Waals surface area contributed by atoms with Crippen molar-refractivity contribution < 1.29 is 0 Å². The van der Waals surface area contributed by atoms with Crippen molar-refractivity contribution >= 4 is 21.5 Å². The van der Waals surface area contributed by atoms with Gasteiger partial charge in [0.15, 0.2) is 0 Å². The average molecular weight is 373 g/mol. The fraction of sp³-hybridized carbons (Fsp3) is 0.500. The fourth-order valence-corrected chi connectivity index (χ4v) is 5.44. The van der Waals surface area contributed by atoms with E-state index in [1.807, 2.05) is 0 Å². The maximum absolute atomic E-state index is 2.53. The van der Waals surface area contributed by atoms with Gasteiger partial charge < -0.3 is 0 Å². The van der Waals surface area contributed by atoms with Crippen molar-refractivity contribution in [1.82, 2.24) is 0 Å². The molecule has 0 spiro atoms. The van der Waals surface area contributed by atoms with Crippen LogP contribution >= 0.6 is 0 Å². The van der Waals surface area contributed by atoms with E-state index >= 15 is 0 Å². The Labute approximate surface area is 171 Å². The van der Waals surface area contributed by atoms with Gasteiger partial charge in [-0.3, -0.25) is 0 Å². The summed E-state index contributed by atoms with van der Waals surface area (Å²) in [5, 5.41) is 5.74. The van der Waals surface area contributed by atoms with Crippen molar-refractivity contribution in [3.05, 3.63) is 59.2 Å². The lowest BCUT2D eigenvalue weighted by Crippen LogP contribution is -2.28. The molecule has 0 aliphatic heterocycles. The van der Waals surface area contributed by atoms with Gasteiger partial charge >= 0.3 is 0 Å². The largest absolute Gasteiger partial charge is 0.0625 e. The molecule has 148 valence electrons. The quantitative estimate of drug-likeness (QED) is 0.396. The Hall–Kier alpha value is -1.82. The van der Waals surface area contributed by atoms with E-state index in [0.717, 1.165) is 17.8 Å². The minimum Gasteiger partial charge on any atom is -0.0625 e. The highest BCUT2D eigenvalue weighted by Crippen LogP contribution is 2.48. The summed E-state index contributed by atoms with van der Waals surface area (Å²) in [6.45, 7) is 14.4. The summed E-state index contributed by atoms with van der Waals surface area (Å²) < 4.78 is 0. The standard InChI is InChI=1S/C28H36/c1-18(2)19(3)10-11-21(5)28(6)17-16-24-23-13-12-22-9-7-8-20(4)27(22)25(23)14-15-26(24)28/h7-9,12-15,18-19,21H,10-11,16-17H2,1-6H3/t19?,21-,28+/m1/s1. The molecule has 0 nitrogen and oxygen atoms in total. The van der Waals surface area contributed by atoms with E-state index in [2.05, 4.69) is 84.0 Å². The summed E-state index contributed by atoms with van der Waals surface area (Å²) in [6, 6.07) is 16.3. The van der Waals surface area contributed by atoms with Gasteiger partial charge in [-0.15, -0.1) is 0 Å². The molecule has 1 aliphatic carbocycles. The molecule has 4 rings (SSSR count). The third-order valence-corrected chi connectivity index (χ3v) is 8.15. The second-order valence-electron chi connectivity index (χ2n) is 10.0. The lowest BCUT2D eigenvalue weighted by Gasteiger charge is -2.34. The van der Waals surface area contributed by atoms with Crippen molar-refractivity contribution in [2.45, 2.75) is 72.6 Å². The minimum atomic E-state index is 0.320. The highest BCUT2D eigenvalue weighted by Gasteiger charge is 2.39. The van der Waals surface area contributed by atoms with Crippen LogP contribution in [0.5, 0.6) is 0 Å². The van der Waals surface area contributed by atoms with Crippen LogP contribution in [0.4, 0.5) is 0 Å². The Bertz CT molecular complexity index is 1010. The molecule has 0 amide bonds. The lowest BCUT2D eigenvalue weighted by atomic mass is 9.70. The van der Waals surface area contributed by atoms with Crippen molar-refractivity contribution in [1.29, 1.82) is 0 Å². The predicted molar refractivity (Wildman–Crippen MR) is 124 cm³/mol. The Morgan fingerprint density at radius 3 is 2.39 bits per heavy atom. The van der Waals surface area contributed by atoms with Crippen molar-refractivity contribution in [3.8, 4) is 0 Å². The Kier molecular flexibility index (Phi) is 5.02. The highest BCUT2D eigenvalue weighted by atomic mass is 14.4. The molecule has 0 saturated heterocycles. The lowest BCUT2D eigenvalue weighted by molar-refractivity contribution is 0.260. The minimum absolute atomic E-state index is 0.320. The van der Waals surface area contributed by atoms with E-state index in [9.17, 15) is 0 Å². The summed E-state index contributed by atoms with van der Waals surface area (Å²) in [6.07, 6.45) is 5.21. The zero-order valence-corrected chi connectivity index (χ0v) is 18.6. The van der Waals surface area contributed by atoms with Gasteiger partial charge in [0.1, 0.15) is 0 Å². The summed E-state index contributed by atoms with van der Waals surface area (Å²) in [4.78, 5) is 0. The SMILES string of the molecule is Cc1cccc2ccc3c4c(ccc3c12)[C@](C)([C@H](C)CCC(C)C(C)C)CC4. The van der Waals surface area contributed by atoms with Crippen LogP contribution in [0.3, 0.4) is 0 Å². The zero-order chi connectivity index (χ0) is 20.1. The summed E-state index contributed by atoms with van der Waals surface area (Å²) in [7, 11) is 0. The number of rotatable bonds is 5. The molecule has 28 heavy (non-hydrogen) atoms. The highest BCUT2D eigenvalue weighted by molar-refractivity contribution is 6.10. The molecule has 0 heteroatoms. The van der Waals surface area contributed by atoms with Crippen LogP contribution < -0.4 is 0 Å². The fourth-order valence-electron chi connectivity index (χ4n) is 5.44. The Balaban J connectivity index is 1.74. The molecule has 0 saturated carbocycles. The summed E-state index contributed by atoms with van der Waals surface area (Å²) >= 11 is 0. The number of fused-ring (bicyclic) bond motifs is 5. The van der Waals surface area contributed by atoms with E-state index in [1.54, 1.807) is 11.1 Å². The molecule has 0 N–H and O–H groups in total. The van der Waals surface area contributed by atoms with Crippen LogP contribution in [-0.2, 0) is 11.8 Å². The van der Waals surface area contributed by atoms with Gasteiger partial charge in [0.05, 0.1) is 0 Å². The molecule has 0 fully saturated rings. The third kappa shape index (κ3) is 3.06. The van der Waals surface area contributed by atoms with Crippen molar-refractivity contribution in [2.24, 2.45) is 17.8 Å². The van der Waals surface area contributed by atoms with Crippen LogP contribution in [0.2, 0.25) is 0 Å². The number of aryl methyl sites for hydroxylation is 2. The average Bonchev–Trinajstić information content (AvgIpc) is 3.03. The smallest absolute Gasteiger partial charge is 0.00435 e. The molecule has 1 aliphatic rings. The first kappa shape index (κ1) is 19.5. The van der Waals surface area contributed by atoms with Crippen LogP contribution in [0.15, 0.2) is 42.5 Å². The van der Waals surface area contributed by atoms with E-state index in [4.69, 9.17) is 0 Å². The third-order valence-electron chi connectivity index (χ3n) is 8.15. The number of benzene rings is 3. The molecule has 0 heterocycles. The molecule has 0 aromatic heterocycles. The van der Waals surface area contributed by atoms with Gasteiger partial charge in [-0.05, 0) is 87.6 Å². The topological polar surface area (TPSA) is 0 Å².